The standard InChI is InChI=1S/C14H17Cl2N3O/c1-8(17)10-4-5-13(12(15)6-10)20-7-11-9(2)18-19(3)14(11)16/h4-6,8H,7,17H2,1-3H3/t8-/m1/s1. The van der Waals surface area contributed by atoms with E-state index in [0.717, 1.165) is 16.8 Å². The van der Waals surface area contributed by atoms with E-state index in [9.17, 15) is 0 Å². The number of rotatable bonds is 4. The molecule has 0 aliphatic rings. The fourth-order valence-electron chi connectivity index (χ4n) is 1.91. The maximum absolute atomic E-state index is 6.19. The monoisotopic (exact) mass is 313 g/mol. The van der Waals surface area contributed by atoms with Crippen LogP contribution in [0.15, 0.2) is 18.2 Å². The van der Waals surface area contributed by atoms with Crippen molar-refractivity contribution < 1.29 is 4.74 Å². The van der Waals surface area contributed by atoms with Crippen LogP contribution in [0.5, 0.6) is 5.75 Å². The van der Waals surface area contributed by atoms with Gasteiger partial charge < -0.3 is 10.5 Å². The minimum atomic E-state index is -0.0587. The minimum Gasteiger partial charge on any atom is -0.487 e. The first-order valence-corrected chi connectivity index (χ1v) is 7.01. The Bertz CT molecular complexity index is 623. The summed E-state index contributed by atoms with van der Waals surface area (Å²) in [5.74, 6) is 0.607. The van der Waals surface area contributed by atoms with Gasteiger partial charge in [-0.2, -0.15) is 5.10 Å². The van der Waals surface area contributed by atoms with Gasteiger partial charge in [0.05, 0.1) is 10.7 Å². The summed E-state index contributed by atoms with van der Waals surface area (Å²) >= 11 is 12.3. The lowest BCUT2D eigenvalue weighted by atomic mass is 10.1. The van der Waals surface area contributed by atoms with Crippen LogP contribution in [0, 0.1) is 6.92 Å². The van der Waals surface area contributed by atoms with Crippen molar-refractivity contribution in [2.24, 2.45) is 12.8 Å². The molecule has 1 atom stereocenters. The number of nitrogens with two attached hydrogens (primary N) is 1. The van der Waals surface area contributed by atoms with Gasteiger partial charge in [0.15, 0.2) is 0 Å². The second-order valence-electron chi connectivity index (χ2n) is 4.75. The Kier molecular flexibility index (Phi) is 4.58. The smallest absolute Gasteiger partial charge is 0.138 e. The van der Waals surface area contributed by atoms with Crippen molar-refractivity contribution in [3.05, 3.63) is 45.2 Å². The largest absolute Gasteiger partial charge is 0.487 e. The van der Waals surface area contributed by atoms with E-state index in [0.29, 0.717) is 22.5 Å². The molecule has 2 N–H and O–H groups in total. The van der Waals surface area contributed by atoms with E-state index >= 15 is 0 Å². The summed E-state index contributed by atoms with van der Waals surface area (Å²) in [5.41, 5.74) is 8.49. The van der Waals surface area contributed by atoms with Crippen molar-refractivity contribution in [1.29, 1.82) is 0 Å². The zero-order valence-corrected chi connectivity index (χ0v) is 13.2. The molecule has 1 aromatic carbocycles. The Hall–Kier alpha value is -1.23. The summed E-state index contributed by atoms with van der Waals surface area (Å²) < 4.78 is 7.34. The second-order valence-corrected chi connectivity index (χ2v) is 5.51. The molecule has 0 saturated heterocycles. The first kappa shape index (κ1) is 15.2. The summed E-state index contributed by atoms with van der Waals surface area (Å²) in [7, 11) is 1.79. The average Bonchev–Trinajstić information content (AvgIpc) is 2.62. The molecule has 0 aliphatic heterocycles. The molecule has 0 saturated carbocycles. The second kappa shape index (κ2) is 6.04. The molecule has 0 bridgehead atoms. The molecule has 1 aromatic heterocycles. The Balaban J connectivity index is 2.15. The van der Waals surface area contributed by atoms with Gasteiger partial charge in [0, 0.05) is 18.7 Å². The third-order valence-electron chi connectivity index (χ3n) is 3.12. The normalized spacial score (nSPS) is 12.5. The molecule has 6 heteroatoms. The summed E-state index contributed by atoms with van der Waals surface area (Å²) in [5, 5.41) is 5.35. The van der Waals surface area contributed by atoms with Crippen LogP contribution in [-0.2, 0) is 13.7 Å². The number of nitrogens with zero attached hydrogens (tertiary/aromatic N) is 2. The van der Waals surface area contributed by atoms with Gasteiger partial charge in [0.1, 0.15) is 17.5 Å². The summed E-state index contributed by atoms with van der Waals surface area (Å²) in [4.78, 5) is 0. The van der Waals surface area contributed by atoms with Crippen molar-refractivity contribution in [3.63, 3.8) is 0 Å². The Morgan fingerprint density at radius 2 is 2.10 bits per heavy atom. The predicted octanol–water partition coefficient (Wildman–Crippen LogP) is 3.63. The molecule has 2 aromatic rings. The maximum Gasteiger partial charge on any atom is 0.138 e. The molecule has 108 valence electrons. The molecule has 1 heterocycles. The van der Waals surface area contributed by atoms with Crippen molar-refractivity contribution in [3.8, 4) is 5.75 Å². The van der Waals surface area contributed by atoms with Gasteiger partial charge in [-0.25, -0.2) is 0 Å². The minimum absolute atomic E-state index is 0.0587. The molecule has 20 heavy (non-hydrogen) atoms. The Morgan fingerprint density at radius 1 is 1.40 bits per heavy atom. The zero-order valence-electron chi connectivity index (χ0n) is 11.7. The molecule has 0 spiro atoms. The Labute approximate surface area is 128 Å². The van der Waals surface area contributed by atoms with Crippen LogP contribution in [0.4, 0.5) is 0 Å². The van der Waals surface area contributed by atoms with E-state index in [1.54, 1.807) is 11.7 Å². The SMILES string of the molecule is Cc1nn(C)c(Cl)c1COc1ccc([C@@H](C)N)cc1Cl. The number of benzene rings is 1. The van der Waals surface area contributed by atoms with Crippen LogP contribution in [0.25, 0.3) is 0 Å². The quantitative estimate of drug-likeness (QED) is 0.937. The van der Waals surface area contributed by atoms with Gasteiger partial charge in [0.25, 0.3) is 0 Å². The highest BCUT2D eigenvalue weighted by Gasteiger charge is 2.13. The highest BCUT2D eigenvalue weighted by Crippen LogP contribution is 2.29. The maximum atomic E-state index is 6.19. The number of ether oxygens (including phenoxy) is 1. The van der Waals surface area contributed by atoms with Crippen LogP contribution in [-0.4, -0.2) is 9.78 Å². The number of hydrogen-bond acceptors (Lipinski definition) is 3. The first-order chi connectivity index (χ1) is 9.40. The van der Waals surface area contributed by atoms with Gasteiger partial charge in [-0.15, -0.1) is 0 Å². The van der Waals surface area contributed by atoms with Gasteiger partial charge >= 0.3 is 0 Å². The highest BCUT2D eigenvalue weighted by molar-refractivity contribution is 6.32. The van der Waals surface area contributed by atoms with Crippen LogP contribution >= 0.6 is 23.2 Å². The van der Waals surface area contributed by atoms with E-state index in [4.69, 9.17) is 33.7 Å². The number of hydrogen-bond donors (Lipinski definition) is 1. The van der Waals surface area contributed by atoms with Crippen molar-refractivity contribution in [2.75, 3.05) is 0 Å². The van der Waals surface area contributed by atoms with Crippen LogP contribution < -0.4 is 10.5 Å². The van der Waals surface area contributed by atoms with E-state index in [-0.39, 0.29) is 6.04 Å². The van der Waals surface area contributed by atoms with E-state index in [2.05, 4.69) is 5.10 Å². The topological polar surface area (TPSA) is 53.1 Å². The third kappa shape index (κ3) is 3.08. The fourth-order valence-corrected chi connectivity index (χ4v) is 2.38. The van der Waals surface area contributed by atoms with Crippen molar-refractivity contribution >= 4 is 23.2 Å². The van der Waals surface area contributed by atoms with Gasteiger partial charge in [-0.1, -0.05) is 29.3 Å². The summed E-state index contributed by atoms with van der Waals surface area (Å²) in [6.45, 7) is 4.13. The van der Waals surface area contributed by atoms with Crippen molar-refractivity contribution in [2.45, 2.75) is 26.5 Å². The van der Waals surface area contributed by atoms with Gasteiger partial charge in [-0.3, -0.25) is 4.68 Å². The summed E-state index contributed by atoms with van der Waals surface area (Å²) in [6, 6.07) is 5.49. The molecule has 2 rings (SSSR count). The van der Waals surface area contributed by atoms with Crippen LogP contribution in [0.1, 0.15) is 29.8 Å². The average molecular weight is 314 g/mol. The lowest BCUT2D eigenvalue weighted by Crippen LogP contribution is -2.05. The molecule has 0 aliphatic carbocycles. The lowest BCUT2D eigenvalue weighted by Gasteiger charge is -2.11. The molecule has 0 unspecified atom stereocenters. The van der Waals surface area contributed by atoms with Crippen molar-refractivity contribution in [1.82, 2.24) is 9.78 Å². The summed E-state index contributed by atoms with van der Waals surface area (Å²) in [6.07, 6.45) is 0. The number of aromatic nitrogens is 2. The van der Waals surface area contributed by atoms with Crippen LogP contribution in [0.3, 0.4) is 0 Å². The molecule has 4 nitrogen and oxygen atoms in total. The zero-order chi connectivity index (χ0) is 14.9. The molecular weight excluding hydrogens is 297 g/mol. The molecule has 0 amide bonds. The molecule has 0 fully saturated rings. The number of halogens is 2. The first-order valence-electron chi connectivity index (χ1n) is 6.26. The lowest BCUT2D eigenvalue weighted by molar-refractivity contribution is 0.305. The fraction of sp³-hybridized carbons (Fsp3) is 0.357. The van der Waals surface area contributed by atoms with Crippen LogP contribution in [0.2, 0.25) is 10.2 Å². The highest BCUT2D eigenvalue weighted by atomic mass is 35.5. The van der Waals surface area contributed by atoms with E-state index in [1.165, 1.54) is 0 Å². The predicted molar refractivity (Wildman–Crippen MR) is 81.3 cm³/mol. The van der Waals surface area contributed by atoms with Gasteiger partial charge in [0.2, 0.25) is 0 Å². The van der Waals surface area contributed by atoms with E-state index < -0.39 is 0 Å². The molecule has 0 radical (unpaired) electrons. The van der Waals surface area contributed by atoms with Gasteiger partial charge in [-0.05, 0) is 31.5 Å². The molecular formula is C14H17Cl2N3O. The Morgan fingerprint density at radius 3 is 2.60 bits per heavy atom. The third-order valence-corrected chi connectivity index (χ3v) is 3.89. The van der Waals surface area contributed by atoms with E-state index in [1.807, 2.05) is 32.0 Å². The number of aryl methyl sites for hydroxylation is 2.